The van der Waals surface area contributed by atoms with Crippen molar-refractivity contribution in [3.05, 3.63) is 30.1 Å². The molecule has 2 heteroatoms. The third kappa shape index (κ3) is 1.19. The smallest absolute Gasteiger partial charge is 0.140 e. The molecule has 0 unspecified atom stereocenters. The zero-order valence-electron chi connectivity index (χ0n) is 7.70. The molecule has 2 rings (SSSR count). The molecule has 2 nitrogen and oxygen atoms in total. The molecular formula is C11H10N2. The lowest BCUT2D eigenvalue weighted by Gasteiger charge is -1.91. The van der Waals surface area contributed by atoms with E-state index in [1.54, 1.807) is 6.20 Å². The van der Waals surface area contributed by atoms with Crippen molar-refractivity contribution >= 4 is 11.0 Å². The normalized spacial score (nSPS) is 9.69. The molecule has 2 heterocycles. The van der Waals surface area contributed by atoms with Gasteiger partial charge < -0.3 is 4.57 Å². The summed E-state index contributed by atoms with van der Waals surface area (Å²) in [5.41, 5.74) is 2.04. The van der Waals surface area contributed by atoms with E-state index in [9.17, 15) is 0 Å². The lowest BCUT2D eigenvalue weighted by molar-refractivity contribution is 0.947. The van der Waals surface area contributed by atoms with Crippen LogP contribution < -0.4 is 0 Å². The van der Waals surface area contributed by atoms with Crippen molar-refractivity contribution in [2.24, 2.45) is 7.05 Å². The monoisotopic (exact) mass is 170 g/mol. The van der Waals surface area contributed by atoms with Crippen LogP contribution in [0.4, 0.5) is 0 Å². The van der Waals surface area contributed by atoms with Gasteiger partial charge in [0, 0.05) is 24.8 Å². The van der Waals surface area contributed by atoms with Crippen LogP contribution in [0.2, 0.25) is 0 Å². The summed E-state index contributed by atoms with van der Waals surface area (Å²) in [4.78, 5) is 4.28. The first-order valence-corrected chi connectivity index (χ1v) is 4.15. The van der Waals surface area contributed by atoms with Gasteiger partial charge in [0.05, 0.1) is 5.56 Å². The Bertz CT molecular complexity index is 498. The lowest BCUT2D eigenvalue weighted by Crippen LogP contribution is -1.85. The maximum absolute atomic E-state index is 4.28. The Morgan fingerprint density at radius 2 is 2.31 bits per heavy atom. The summed E-state index contributed by atoms with van der Waals surface area (Å²) in [7, 11) is 1.98. The minimum atomic E-state index is 0.986. The minimum absolute atomic E-state index is 0.986. The number of hydrogen-bond donors (Lipinski definition) is 0. The van der Waals surface area contributed by atoms with Crippen molar-refractivity contribution < 1.29 is 0 Å². The van der Waals surface area contributed by atoms with Crippen LogP contribution in [0.25, 0.3) is 11.0 Å². The summed E-state index contributed by atoms with van der Waals surface area (Å²) in [6.45, 7) is 1.84. The molecule has 64 valence electrons. The average molecular weight is 170 g/mol. The van der Waals surface area contributed by atoms with Crippen molar-refractivity contribution in [1.29, 1.82) is 0 Å². The van der Waals surface area contributed by atoms with Crippen LogP contribution in [0.15, 0.2) is 24.5 Å². The second-order valence-corrected chi connectivity index (χ2v) is 2.90. The Morgan fingerprint density at radius 3 is 3.08 bits per heavy atom. The van der Waals surface area contributed by atoms with E-state index in [2.05, 4.69) is 16.8 Å². The van der Waals surface area contributed by atoms with Gasteiger partial charge >= 0.3 is 0 Å². The first-order chi connectivity index (χ1) is 6.33. The fourth-order valence-corrected chi connectivity index (χ4v) is 1.45. The number of aryl methyl sites for hydroxylation is 1. The highest BCUT2D eigenvalue weighted by Gasteiger charge is 2.03. The molecule has 0 aliphatic heterocycles. The molecule has 0 radical (unpaired) electrons. The van der Waals surface area contributed by atoms with E-state index in [0.717, 1.165) is 16.6 Å². The molecule has 0 fully saturated rings. The number of aromatic nitrogens is 2. The van der Waals surface area contributed by atoms with Crippen LogP contribution in [0.3, 0.4) is 0 Å². The largest absolute Gasteiger partial charge is 0.334 e. The molecule has 2 aromatic rings. The molecule has 0 aromatic carbocycles. The highest BCUT2D eigenvalue weighted by Crippen LogP contribution is 2.16. The second-order valence-electron chi connectivity index (χ2n) is 2.90. The van der Waals surface area contributed by atoms with Gasteiger partial charge in [-0.05, 0) is 19.1 Å². The molecule has 0 atom stereocenters. The number of hydrogen-bond acceptors (Lipinski definition) is 1. The highest BCUT2D eigenvalue weighted by atomic mass is 15.0. The summed E-state index contributed by atoms with van der Waals surface area (Å²) < 4.78 is 2.00. The van der Waals surface area contributed by atoms with Crippen molar-refractivity contribution in [1.82, 2.24) is 9.55 Å². The third-order valence-corrected chi connectivity index (χ3v) is 1.99. The van der Waals surface area contributed by atoms with E-state index in [1.807, 2.05) is 36.9 Å². The number of nitrogens with zero attached hydrogens (tertiary/aromatic N) is 2. The number of rotatable bonds is 0. The molecule has 13 heavy (non-hydrogen) atoms. The van der Waals surface area contributed by atoms with Crippen molar-refractivity contribution in [3.8, 4) is 11.8 Å². The minimum Gasteiger partial charge on any atom is -0.334 e. The maximum atomic E-state index is 4.28. The Hall–Kier alpha value is -1.75. The number of pyridine rings is 1. The SMILES string of the molecule is CC#Cc1cn(C)c2ncccc12. The van der Waals surface area contributed by atoms with Gasteiger partial charge in [-0.25, -0.2) is 4.98 Å². The quantitative estimate of drug-likeness (QED) is 0.552. The fraction of sp³-hybridized carbons (Fsp3) is 0.182. The van der Waals surface area contributed by atoms with E-state index in [-0.39, 0.29) is 0 Å². The van der Waals surface area contributed by atoms with Crippen molar-refractivity contribution in [3.63, 3.8) is 0 Å². The third-order valence-electron chi connectivity index (χ3n) is 1.99. The van der Waals surface area contributed by atoms with Crippen molar-refractivity contribution in [2.45, 2.75) is 6.92 Å². The first-order valence-electron chi connectivity index (χ1n) is 4.15. The lowest BCUT2D eigenvalue weighted by atomic mass is 10.2. The predicted octanol–water partition coefficient (Wildman–Crippen LogP) is 1.94. The summed E-state index contributed by atoms with van der Waals surface area (Å²) in [6.07, 6.45) is 3.81. The molecule has 0 aliphatic rings. The summed E-state index contributed by atoms with van der Waals surface area (Å²) in [5, 5.41) is 1.12. The maximum Gasteiger partial charge on any atom is 0.140 e. The summed E-state index contributed by atoms with van der Waals surface area (Å²) in [6, 6.07) is 3.98. The zero-order chi connectivity index (χ0) is 9.26. The molecule has 0 aliphatic carbocycles. The summed E-state index contributed by atoms with van der Waals surface area (Å²) in [5.74, 6) is 5.96. The molecule has 0 amide bonds. The van der Waals surface area contributed by atoms with Crippen LogP contribution in [0.1, 0.15) is 12.5 Å². The molecule has 2 aromatic heterocycles. The van der Waals surface area contributed by atoms with Crippen LogP contribution in [0, 0.1) is 11.8 Å². The second kappa shape index (κ2) is 2.95. The van der Waals surface area contributed by atoms with E-state index in [1.165, 1.54) is 0 Å². The van der Waals surface area contributed by atoms with Gasteiger partial charge in [-0.1, -0.05) is 5.92 Å². The topological polar surface area (TPSA) is 17.8 Å². The Balaban J connectivity index is 2.83. The first kappa shape index (κ1) is 7.88. The zero-order valence-corrected chi connectivity index (χ0v) is 7.70. The fourth-order valence-electron chi connectivity index (χ4n) is 1.45. The average Bonchev–Trinajstić information content (AvgIpc) is 2.46. The van der Waals surface area contributed by atoms with Crippen LogP contribution >= 0.6 is 0 Å². The summed E-state index contributed by atoms with van der Waals surface area (Å²) >= 11 is 0. The Labute approximate surface area is 77.2 Å². The molecular weight excluding hydrogens is 160 g/mol. The van der Waals surface area contributed by atoms with Gasteiger partial charge in [0.2, 0.25) is 0 Å². The van der Waals surface area contributed by atoms with Crippen molar-refractivity contribution in [2.75, 3.05) is 0 Å². The van der Waals surface area contributed by atoms with Crippen LogP contribution in [-0.2, 0) is 7.05 Å². The van der Waals surface area contributed by atoms with Gasteiger partial charge in [0.15, 0.2) is 0 Å². The molecule has 0 spiro atoms. The van der Waals surface area contributed by atoms with Gasteiger partial charge in [-0.3, -0.25) is 0 Å². The van der Waals surface area contributed by atoms with E-state index in [0.29, 0.717) is 0 Å². The van der Waals surface area contributed by atoms with Crippen LogP contribution in [0.5, 0.6) is 0 Å². The van der Waals surface area contributed by atoms with Gasteiger partial charge in [-0.2, -0.15) is 0 Å². The highest BCUT2D eigenvalue weighted by molar-refractivity contribution is 5.83. The molecule has 0 N–H and O–H groups in total. The van der Waals surface area contributed by atoms with E-state index in [4.69, 9.17) is 0 Å². The van der Waals surface area contributed by atoms with E-state index >= 15 is 0 Å². The van der Waals surface area contributed by atoms with Crippen LogP contribution in [-0.4, -0.2) is 9.55 Å². The predicted molar refractivity (Wildman–Crippen MR) is 53.3 cm³/mol. The Kier molecular flexibility index (Phi) is 1.79. The van der Waals surface area contributed by atoms with Gasteiger partial charge in [0.1, 0.15) is 5.65 Å². The van der Waals surface area contributed by atoms with Gasteiger partial charge in [-0.15, -0.1) is 5.92 Å². The molecule has 0 bridgehead atoms. The Morgan fingerprint density at radius 1 is 1.46 bits per heavy atom. The van der Waals surface area contributed by atoms with E-state index < -0.39 is 0 Å². The number of fused-ring (bicyclic) bond motifs is 1. The standard InChI is InChI=1S/C11H10N2/c1-3-5-9-8-13(2)11-10(9)6-4-7-12-11/h4,6-8H,1-2H3. The molecule has 0 saturated heterocycles. The molecule has 0 saturated carbocycles. The van der Waals surface area contributed by atoms with Gasteiger partial charge in [0.25, 0.3) is 0 Å².